The molecule has 1 aromatic heterocycles. The van der Waals surface area contributed by atoms with Crippen LogP contribution in [0.15, 0.2) is 76.0 Å². The lowest BCUT2D eigenvalue weighted by Crippen LogP contribution is -2.41. The monoisotopic (exact) mass is 391 g/mol. The highest BCUT2D eigenvalue weighted by atomic mass is 32.2. The van der Waals surface area contributed by atoms with Crippen molar-refractivity contribution in [1.82, 2.24) is 10.3 Å². The van der Waals surface area contributed by atoms with E-state index in [1.165, 1.54) is 24.3 Å². The Morgan fingerprint density at radius 1 is 0.929 bits per heavy atom. The molecule has 8 heteroatoms. The molecule has 0 radical (unpaired) electrons. The molecule has 28 heavy (non-hydrogen) atoms. The number of nitrogens with zero attached hydrogens (tertiary/aromatic N) is 1. The fraction of sp³-hybridized carbons (Fsp3) is 0. The second-order valence-corrected chi connectivity index (χ2v) is 7.69. The summed E-state index contributed by atoms with van der Waals surface area (Å²) in [4.78, 5) is 14.3. The number of nitrogens with one attached hydrogen (secondary N) is 2. The molecule has 0 spiro atoms. The number of rotatable bonds is 4. The van der Waals surface area contributed by atoms with Crippen LogP contribution in [0.3, 0.4) is 0 Å². The Morgan fingerprint density at radius 3 is 2.54 bits per heavy atom. The summed E-state index contributed by atoms with van der Waals surface area (Å²) < 4.78 is 30.4. The van der Waals surface area contributed by atoms with Crippen LogP contribution >= 0.6 is 0 Å². The Hall–Kier alpha value is -3.67. The number of hydrazine groups is 1. The van der Waals surface area contributed by atoms with Gasteiger partial charge in [0.15, 0.2) is 0 Å². The molecule has 0 saturated carbocycles. The first kappa shape index (κ1) is 17.7. The van der Waals surface area contributed by atoms with Gasteiger partial charge in [-0.1, -0.05) is 24.3 Å². The normalized spacial score (nSPS) is 11.4. The summed E-state index contributed by atoms with van der Waals surface area (Å²) >= 11 is 0. The first-order chi connectivity index (χ1) is 13.5. The third-order valence-electron chi connectivity index (χ3n) is 4.21. The van der Waals surface area contributed by atoms with E-state index in [-0.39, 0.29) is 16.0 Å². The van der Waals surface area contributed by atoms with Gasteiger partial charge in [0.05, 0.1) is 16.5 Å². The average Bonchev–Trinajstić information content (AvgIpc) is 3.10. The standard InChI is InChI=1S/C20H13N3O4S/c21-12-13-4-3-5-15(10-13)28(25,26)23-22-20(24)14-8-9-19-17(11-14)16-6-1-2-7-18(16)27-19/h1-11,23H,(H,22,24). The minimum Gasteiger partial charge on any atom is -0.456 e. The maximum atomic E-state index is 12.4. The molecule has 7 nitrogen and oxygen atoms in total. The van der Waals surface area contributed by atoms with Crippen molar-refractivity contribution in [1.29, 1.82) is 5.26 Å². The topological polar surface area (TPSA) is 112 Å². The van der Waals surface area contributed by atoms with Crippen molar-refractivity contribution in [3.63, 3.8) is 0 Å². The van der Waals surface area contributed by atoms with Crippen LogP contribution in [0.1, 0.15) is 15.9 Å². The molecule has 0 aliphatic carbocycles. The van der Waals surface area contributed by atoms with Gasteiger partial charge in [-0.3, -0.25) is 10.2 Å². The zero-order valence-electron chi connectivity index (χ0n) is 14.3. The smallest absolute Gasteiger partial charge is 0.266 e. The molecule has 0 fully saturated rings. The summed E-state index contributed by atoms with van der Waals surface area (Å²) in [5.74, 6) is -0.618. The largest absolute Gasteiger partial charge is 0.456 e. The Balaban J connectivity index is 1.58. The molecule has 0 unspecified atom stereocenters. The minimum atomic E-state index is -4.01. The molecular weight excluding hydrogens is 378 g/mol. The number of furan rings is 1. The highest BCUT2D eigenvalue weighted by molar-refractivity contribution is 7.89. The van der Waals surface area contributed by atoms with Gasteiger partial charge in [0.25, 0.3) is 15.9 Å². The molecule has 0 aliphatic rings. The minimum absolute atomic E-state index is 0.122. The van der Waals surface area contributed by atoms with Gasteiger partial charge in [-0.2, -0.15) is 5.26 Å². The molecular formula is C20H13N3O4S. The van der Waals surface area contributed by atoms with Gasteiger partial charge in [0.1, 0.15) is 11.2 Å². The van der Waals surface area contributed by atoms with Gasteiger partial charge >= 0.3 is 0 Å². The third-order valence-corrected chi connectivity index (χ3v) is 5.46. The second kappa shape index (κ2) is 6.81. The number of carbonyl (C=O) groups excluding carboxylic acids is 1. The Morgan fingerprint density at radius 2 is 1.71 bits per heavy atom. The molecule has 3 aromatic carbocycles. The first-order valence-corrected chi connectivity index (χ1v) is 9.70. The van der Waals surface area contributed by atoms with Crippen molar-refractivity contribution in [3.05, 3.63) is 77.9 Å². The van der Waals surface area contributed by atoms with E-state index < -0.39 is 15.9 Å². The van der Waals surface area contributed by atoms with Crippen molar-refractivity contribution in [2.75, 3.05) is 0 Å². The van der Waals surface area contributed by atoms with Gasteiger partial charge in [-0.05, 0) is 42.5 Å². The summed E-state index contributed by atoms with van der Waals surface area (Å²) in [6.07, 6.45) is 0. The van der Waals surface area contributed by atoms with Crippen LogP contribution in [0.2, 0.25) is 0 Å². The molecule has 138 valence electrons. The van der Waals surface area contributed by atoms with E-state index in [0.29, 0.717) is 11.2 Å². The maximum absolute atomic E-state index is 12.4. The van der Waals surface area contributed by atoms with E-state index in [1.807, 2.05) is 35.2 Å². The number of fused-ring (bicyclic) bond motifs is 3. The second-order valence-electron chi connectivity index (χ2n) is 6.01. The van der Waals surface area contributed by atoms with Crippen LogP contribution < -0.4 is 10.3 Å². The number of hydrogen-bond acceptors (Lipinski definition) is 5. The number of sulfonamides is 1. The predicted molar refractivity (Wildman–Crippen MR) is 103 cm³/mol. The fourth-order valence-electron chi connectivity index (χ4n) is 2.84. The van der Waals surface area contributed by atoms with E-state index in [0.717, 1.165) is 10.8 Å². The predicted octanol–water partition coefficient (Wildman–Crippen LogP) is 3.08. The lowest BCUT2D eigenvalue weighted by atomic mass is 10.1. The Kier molecular flexibility index (Phi) is 4.31. The van der Waals surface area contributed by atoms with Crippen molar-refractivity contribution < 1.29 is 17.6 Å². The summed E-state index contributed by atoms with van der Waals surface area (Å²) in [5, 5.41) is 10.5. The SMILES string of the molecule is N#Cc1cccc(S(=O)(=O)NNC(=O)c2ccc3oc4ccccc4c3c2)c1. The van der Waals surface area contributed by atoms with E-state index >= 15 is 0 Å². The zero-order chi connectivity index (χ0) is 19.7. The van der Waals surface area contributed by atoms with Crippen molar-refractivity contribution >= 4 is 37.9 Å². The molecule has 4 aromatic rings. The van der Waals surface area contributed by atoms with Crippen LogP contribution in [0.25, 0.3) is 21.9 Å². The molecule has 2 N–H and O–H groups in total. The molecule has 1 amide bonds. The number of hydrogen-bond donors (Lipinski definition) is 2. The molecule has 0 atom stereocenters. The number of carbonyl (C=O) groups is 1. The van der Waals surface area contributed by atoms with Crippen molar-refractivity contribution in [2.24, 2.45) is 0 Å². The first-order valence-electron chi connectivity index (χ1n) is 8.21. The average molecular weight is 391 g/mol. The third kappa shape index (κ3) is 3.20. The van der Waals surface area contributed by atoms with E-state index in [2.05, 4.69) is 5.43 Å². The molecule has 4 rings (SSSR count). The van der Waals surface area contributed by atoms with Gasteiger partial charge in [-0.25, -0.2) is 8.42 Å². The fourth-order valence-corrected chi connectivity index (χ4v) is 3.73. The lowest BCUT2D eigenvalue weighted by molar-refractivity contribution is 0.0945. The number of para-hydroxylation sites is 1. The highest BCUT2D eigenvalue weighted by Gasteiger charge is 2.17. The van der Waals surface area contributed by atoms with E-state index in [4.69, 9.17) is 9.68 Å². The summed E-state index contributed by atoms with van der Waals surface area (Å²) in [6, 6.07) is 19.6. The number of nitriles is 1. The molecule has 0 saturated heterocycles. The van der Waals surface area contributed by atoms with Crippen LogP contribution in [0.5, 0.6) is 0 Å². The Labute approximate surface area is 160 Å². The summed E-state index contributed by atoms with van der Waals surface area (Å²) in [6.45, 7) is 0. The van der Waals surface area contributed by atoms with Crippen LogP contribution in [0.4, 0.5) is 0 Å². The van der Waals surface area contributed by atoms with Gasteiger partial charge in [0.2, 0.25) is 0 Å². The van der Waals surface area contributed by atoms with Crippen LogP contribution in [-0.4, -0.2) is 14.3 Å². The van der Waals surface area contributed by atoms with Gasteiger partial charge in [0, 0.05) is 16.3 Å². The number of benzene rings is 3. The molecule has 0 aliphatic heterocycles. The molecule has 1 heterocycles. The van der Waals surface area contributed by atoms with E-state index in [9.17, 15) is 13.2 Å². The Bertz CT molecular complexity index is 1370. The summed E-state index contributed by atoms with van der Waals surface area (Å²) in [5.41, 5.74) is 3.99. The van der Waals surface area contributed by atoms with Crippen molar-refractivity contribution in [3.8, 4) is 6.07 Å². The zero-order valence-corrected chi connectivity index (χ0v) is 15.2. The van der Waals surface area contributed by atoms with Crippen molar-refractivity contribution in [2.45, 2.75) is 4.90 Å². The maximum Gasteiger partial charge on any atom is 0.266 e. The van der Waals surface area contributed by atoms with Gasteiger partial charge in [-0.15, -0.1) is 4.83 Å². The number of amides is 1. The quantitative estimate of drug-likeness (QED) is 0.519. The van der Waals surface area contributed by atoms with Crippen LogP contribution in [0, 0.1) is 11.3 Å². The van der Waals surface area contributed by atoms with Gasteiger partial charge < -0.3 is 4.42 Å². The summed E-state index contributed by atoms with van der Waals surface area (Å²) in [7, 11) is -4.01. The van der Waals surface area contributed by atoms with E-state index in [1.54, 1.807) is 18.2 Å². The molecule has 0 bridgehead atoms. The highest BCUT2D eigenvalue weighted by Crippen LogP contribution is 2.29. The lowest BCUT2D eigenvalue weighted by Gasteiger charge is -2.08. The van der Waals surface area contributed by atoms with Crippen LogP contribution in [-0.2, 0) is 10.0 Å².